The number of nitrogen functional groups attached to an aromatic ring is 1. The van der Waals surface area contributed by atoms with Gasteiger partial charge >= 0.3 is 0 Å². The fourth-order valence-corrected chi connectivity index (χ4v) is 2.55. The molecule has 0 aliphatic rings. The normalized spacial score (nSPS) is 10.3. The van der Waals surface area contributed by atoms with E-state index in [2.05, 4.69) is 15.3 Å². The van der Waals surface area contributed by atoms with Crippen LogP contribution in [-0.4, -0.2) is 21.6 Å². The Kier molecular flexibility index (Phi) is 5.57. The second-order valence-electron chi connectivity index (χ2n) is 4.57. The van der Waals surface area contributed by atoms with E-state index in [-0.39, 0.29) is 5.91 Å². The highest BCUT2D eigenvalue weighted by Crippen LogP contribution is 2.21. The Balaban J connectivity index is 1.74. The number of amides is 1. The van der Waals surface area contributed by atoms with Gasteiger partial charge in [-0.25, -0.2) is 9.97 Å². The number of hydrogen-bond acceptors (Lipinski definition) is 5. The van der Waals surface area contributed by atoms with E-state index >= 15 is 0 Å². The number of carbonyl (C=O) groups is 1. The number of nitrogens with two attached hydrogens (primary N) is 1. The van der Waals surface area contributed by atoms with Crippen molar-refractivity contribution in [3.8, 4) is 0 Å². The fourth-order valence-electron chi connectivity index (χ4n) is 1.78. The van der Waals surface area contributed by atoms with Gasteiger partial charge in [0.25, 0.3) is 0 Å². The van der Waals surface area contributed by atoms with Crippen molar-refractivity contribution in [1.82, 2.24) is 9.97 Å². The Morgan fingerprint density at radius 1 is 1.38 bits per heavy atom. The molecule has 0 unspecified atom stereocenters. The zero-order valence-electron chi connectivity index (χ0n) is 11.9. The van der Waals surface area contributed by atoms with Crippen LogP contribution in [-0.2, 0) is 4.79 Å². The maximum absolute atomic E-state index is 11.9. The lowest BCUT2D eigenvalue weighted by Crippen LogP contribution is -2.12. The largest absolute Gasteiger partial charge is 0.398 e. The van der Waals surface area contributed by atoms with Gasteiger partial charge in [-0.05, 0) is 42.9 Å². The van der Waals surface area contributed by atoms with Crippen LogP contribution >= 0.6 is 11.8 Å². The van der Waals surface area contributed by atoms with Crippen LogP contribution in [0, 0.1) is 6.92 Å². The van der Waals surface area contributed by atoms with Crippen molar-refractivity contribution in [1.29, 1.82) is 0 Å². The van der Waals surface area contributed by atoms with Crippen molar-refractivity contribution < 1.29 is 4.79 Å². The third kappa shape index (κ3) is 4.75. The number of carbonyl (C=O) groups excluding carboxylic acids is 1. The number of thioether (sulfide) groups is 1. The number of rotatable bonds is 6. The van der Waals surface area contributed by atoms with Crippen LogP contribution in [0.1, 0.15) is 18.4 Å². The summed E-state index contributed by atoms with van der Waals surface area (Å²) in [6.45, 7) is 1.90. The molecule has 0 spiro atoms. The molecular formula is C15H18N4OS. The first-order valence-corrected chi connectivity index (χ1v) is 7.69. The molecule has 0 bridgehead atoms. The minimum absolute atomic E-state index is 0.00647. The second-order valence-corrected chi connectivity index (χ2v) is 5.68. The average Bonchev–Trinajstić information content (AvgIpc) is 2.49. The van der Waals surface area contributed by atoms with Gasteiger partial charge in [0.1, 0.15) is 6.33 Å². The lowest BCUT2D eigenvalue weighted by molar-refractivity contribution is -0.116. The van der Waals surface area contributed by atoms with Gasteiger partial charge in [-0.2, -0.15) is 0 Å². The van der Waals surface area contributed by atoms with Crippen molar-refractivity contribution in [2.45, 2.75) is 24.8 Å². The smallest absolute Gasteiger partial charge is 0.224 e. The standard InChI is InChI=1S/C15H18N4OS/c1-11-12(16)4-2-5-13(11)19-14(20)6-3-9-21-15-7-8-17-10-18-15/h2,4-5,7-8,10H,3,6,9,16H2,1H3,(H,19,20). The van der Waals surface area contributed by atoms with Gasteiger partial charge in [-0.15, -0.1) is 11.8 Å². The molecule has 0 radical (unpaired) electrons. The Bertz CT molecular complexity index is 604. The highest BCUT2D eigenvalue weighted by molar-refractivity contribution is 7.99. The van der Waals surface area contributed by atoms with Gasteiger partial charge in [0, 0.05) is 24.0 Å². The Hall–Kier alpha value is -2.08. The number of nitrogens with one attached hydrogen (secondary N) is 1. The predicted octanol–water partition coefficient (Wildman–Crippen LogP) is 2.88. The van der Waals surface area contributed by atoms with E-state index < -0.39 is 0 Å². The summed E-state index contributed by atoms with van der Waals surface area (Å²) in [7, 11) is 0. The van der Waals surface area contributed by atoms with Gasteiger partial charge in [0.05, 0.1) is 5.03 Å². The summed E-state index contributed by atoms with van der Waals surface area (Å²) in [5, 5.41) is 3.82. The molecule has 5 nitrogen and oxygen atoms in total. The van der Waals surface area contributed by atoms with Gasteiger partial charge in [0.15, 0.2) is 0 Å². The Labute approximate surface area is 128 Å². The molecule has 2 rings (SSSR count). The first kappa shape index (κ1) is 15.3. The summed E-state index contributed by atoms with van der Waals surface area (Å²) in [5.41, 5.74) is 8.19. The van der Waals surface area contributed by atoms with Crippen LogP contribution in [0.2, 0.25) is 0 Å². The maximum Gasteiger partial charge on any atom is 0.224 e. The predicted molar refractivity (Wildman–Crippen MR) is 86.2 cm³/mol. The molecule has 3 N–H and O–H groups in total. The van der Waals surface area contributed by atoms with Gasteiger partial charge in [-0.3, -0.25) is 4.79 Å². The lowest BCUT2D eigenvalue weighted by atomic mass is 10.1. The molecule has 0 atom stereocenters. The van der Waals surface area contributed by atoms with Crippen LogP contribution < -0.4 is 11.1 Å². The Morgan fingerprint density at radius 3 is 3.00 bits per heavy atom. The van der Waals surface area contributed by atoms with Crippen LogP contribution in [0.25, 0.3) is 0 Å². The lowest BCUT2D eigenvalue weighted by Gasteiger charge is -2.10. The maximum atomic E-state index is 11.9. The second kappa shape index (κ2) is 7.64. The molecule has 1 aromatic heterocycles. The van der Waals surface area contributed by atoms with Crippen molar-refractivity contribution in [2.24, 2.45) is 0 Å². The summed E-state index contributed by atoms with van der Waals surface area (Å²) in [5.74, 6) is 0.854. The molecule has 110 valence electrons. The topological polar surface area (TPSA) is 80.9 Å². The van der Waals surface area contributed by atoms with Crippen LogP contribution in [0.15, 0.2) is 41.8 Å². The third-order valence-corrected chi connectivity index (χ3v) is 4.03. The summed E-state index contributed by atoms with van der Waals surface area (Å²) in [6, 6.07) is 7.38. The van der Waals surface area contributed by atoms with E-state index in [1.165, 1.54) is 6.33 Å². The molecule has 0 aliphatic heterocycles. The molecular weight excluding hydrogens is 284 g/mol. The van der Waals surface area contributed by atoms with Gasteiger partial charge < -0.3 is 11.1 Å². The van der Waals surface area contributed by atoms with Crippen LogP contribution in [0.5, 0.6) is 0 Å². The summed E-state index contributed by atoms with van der Waals surface area (Å²) >= 11 is 1.62. The third-order valence-electron chi connectivity index (χ3n) is 3.00. The molecule has 0 saturated heterocycles. The first-order valence-electron chi connectivity index (χ1n) is 6.70. The van der Waals surface area contributed by atoms with Gasteiger partial charge in [0.2, 0.25) is 5.91 Å². The monoisotopic (exact) mass is 302 g/mol. The van der Waals surface area contributed by atoms with E-state index in [0.717, 1.165) is 28.5 Å². The molecule has 0 saturated carbocycles. The number of aromatic nitrogens is 2. The number of anilines is 2. The van der Waals surface area contributed by atoms with E-state index in [9.17, 15) is 4.79 Å². The highest BCUT2D eigenvalue weighted by Gasteiger charge is 2.06. The fraction of sp³-hybridized carbons (Fsp3) is 0.267. The molecule has 0 aliphatic carbocycles. The molecule has 2 aromatic rings. The van der Waals surface area contributed by atoms with E-state index in [1.54, 1.807) is 18.0 Å². The van der Waals surface area contributed by atoms with E-state index in [4.69, 9.17) is 5.73 Å². The molecule has 6 heteroatoms. The minimum atomic E-state index is 0.00647. The quantitative estimate of drug-likeness (QED) is 0.371. The zero-order valence-corrected chi connectivity index (χ0v) is 12.7. The first-order chi connectivity index (χ1) is 10.2. The average molecular weight is 302 g/mol. The SMILES string of the molecule is Cc1c(N)cccc1NC(=O)CCCSc1ccncn1. The number of benzene rings is 1. The molecule has 0 fully saturated rings. The van der Waals surface area contributed by atoms with Crippen molar-refractivity contribution in [3.63, 3.8) is 0 Å². The van der Waals surface area contributed by atoms with Crippen molar-refractivity contribution in [3.05, 3.63) is 42.4 Å². The zero-order chi connectivity index (χ0) is 15.1. The van der Waals surface area contributed by atoms with Crippen molar-refractivity contribution >= 4 is 29.0 Å². The highest BCUT2D eigenvalue weighted by atomic mass is 32.2. The summed E-state index contributed by atoms with van der Waals surface area (Å²) in [4.78, 5) is 19.9. The van der Waals surface area contributed by atoms with Crippen LogP contribution in [0.4, 0.5) is 11.4 Å². The summed E-state index contributed by atoms with van der Waals surface area (Å²) in [6.07, 6.45) is 4.51. The molecule has 1 amide bonds. The van der Waals surface area contributed by atoms with E-state index in [1.807, 2.05) is 31.2 Å². The van der Waals surface area contributed by atoms with E-state index in [0.29, 0.717) is 12.1 Å². The van der Waals surface area contributed by atoms with Gasteiger partial charge in [-0.1, -0.05) is 6.07 Å². The number of nitrogens with zero attached hydrogens (tertiary/aromatic N) is 2. The van der Waals surface area contributed by atoms with Crippen molar-refractivity contribution in [2.75, 3.05) is 16.8 Å². The summed E-state index contributed by atoms with van der Waals surface area (Å²) < 4.78 is 0. The van der Waals surface area contributed by atoms with Crippen LogP contribution in [0.3, 0.4) is 0 Å². The number of hydrogen-bond donors (Lipinski definition) is 2. The minimum Gasteiger partial charge on any atom is -0.398 e. The molecule has 21 heavy (non-hydrogen) atoms. The molecule has 1 heterocycles. The Morgan fingerprint density at radius 2 is 2.24 bits per heavy atom. The molecule has 1 aromatic carbocycles.